The highest BCUT2D eigenvalue weighted by molar-refractivity contribution is 6.04. The summed E-state index contributed by atoms with van der Waals surface area (Å²) in [6.07, 6.45) is 0.595. The molecule has 0 saturated carbocycles. The minimum Gasteiger partial charge on any atom is -0.479 e. The third-order valence-electron chi connectivity index (χ3n) is 3.76. The summed E-state index contributed by atoms with van der Waals surface area (Å²) in [4.78, 5) is 68.4. The summed E-state index contributed by atoms with van der Waals surface area (Å²) in [5.74, 6) is -4.72. The molecule has 0 bridgehead atoms. The number of ketones is 1. The minimum absolute atomic E-state index is 0.292. The van der Waals surface area contributed by atoms with Gasteiger partial charge in [-0.3, -0.25) is 24.0 Å². The number of aliphatic carboxylic acids is 1. The first-order chi connectivity index (χ1) is 12.4. The smallest absolute Gasteiger partial charge is 0.334 e. The van der Waals surface area contributed by atoms with Gasteiger partial charge in [-0.2, -0.15) is 0 Å². The predicted molar refractivity (Wildman–Crippen MR) is 93.3 cm³/mol. The summed E-state index contributed by atoms with van der Waals surface area (Å²) >= 11 is 0. The van der Waals surface area contributed by atoms with Gasteiger partial charge in [0.25, 0.3) is 0 Å². The maximum Gasteiger partial charge on any atom is 0.334 e. The summed E-state index contributed by atoms with van der Waals surface area (Å²) < 4.78 is 0. The molecule has 11 nitrogen and oxygen atoms in total. The molecule has 1 unspecified atom stereocenters. The molecule has 27 heavy (non-hydrogen) atoms. The van der Waals surface area contributed by atoms with E-state index in [0.717, 1.165) is 6.92 Å². The van der Waals surface area contributed by atoms with Gasteiger partial charge in [0.2, 0.25) is 23.6 Å². The number of amides is 4. The van der Waals surface area contributed by atoms with E-state index in [1.807, 2.05) is 12.2 Å². The summed E-state index contributed by atoms with van der Waals surface area (Å²) in [7, 11) is 0. The fourth-order valence-electron chi connectivity index (χ4n) is 1.59. The molecule has 5 N–H and O–H groups in total. The lowest BCUT2D eigenvalue weighted by Gasteiger charge is -2.21. The Morgan fingerprint density at radius 3 is 1.70 bits per heavy atom. The van der Waals surface area contributed by atoms with Gasteiger partial charge in [0.1, 0.15) is 0 Å². The first-order valence-electron chi connectivity index (χ1n) is 8.25. The molecule has 1 atom stereocenters. The van der Waals surface area contributed by atoms with Crippen LogP contribution in [0.1, 0.15) is 34.1 Å². The highest BCUT2D eigenvalue weighted by atomic mass is 16.4. The van der Waals surface area contributed by atoms with Gasteiger partial charge >= 0.3 is 5.97 Å². The number of Topliss-reactive ketones (excluding diaryl/α,β-unsaturated/α-hetero) is 1. The number of hydrogen-bond donors (Lipinski definition) is 5. The second kappa shape index (κ2) is 10.9. The van der Waals surface area contributed by atoms with E-state index in [9.17, 15) is 28.8 Å². The van der Waals surface area contributed by atoms with E-state index >= 15 is 0 Å². The van der Waals surface area contributed by atoms with Crippen LogP contribution in [0.25, 0.3) is 0 Å². The predicted octanol–water partition coefficient (Wildman–Crippen LogP) is -2.07. The molecule has 0 aliphatic rings. The zero-order valence-corrected chi connectivity index (χ0v) is 15.8. The van der Waals surface area contributed by atoms with Crippen molar-refractivity contribution in [1.82, 2.24) is 21.3 Å². The van der Waals surface area contributed by atoms with Gasteiger partial charge in [-0.1, -0.05) is 20.8 Å². The molecule has 0 spiro atoms. The van der Waals surface area contributed by atoms with Gasteiger partial charge in [-0.15, -0.1) is 0 Å². The van der Waals surface area contributed by atoms with Gasteiger partial charge in [0.05, 0.1) is 19.6 Å². The van der Waals surface area contributed by atoms with Crippen LogP contribution in [-0.2, 0) is 28.8 Å². The average molecular weight is 386 g/mol. The number of carbonyl (C=O) groups excluding carboxylic acids is 5. The van der Waals surface area contributed by atoms with Crippen molar-refractivity contribution in [2.45, 2.75) is 40.2 Å². The van der Waals surface area contributed by atoms with Crippen molar-refractivity contribution in [1.29, 1.82) is 0 Å². The molecule has 11 heteroatoms. The van der Waals surface area contributed by atoms with Crippen molar-refractivity contribution in [2.75, 3.05) is 19.6 Å². The van der Waals surface area contributed by atoms with Crippen molar-refractivity contribution >= 4 is 35.4 Å². The van der Waals surface area contributed by atoms with Crippen molar-refractivity contribution in [3.63, 3.8) is 0 Å². The largest absolute Gasteiger partial charge is 0.479 e. The molecular weight excluding hydrogens is 360 g/mol. The SMILES string of the molecule is CCC(C)(C)C(=O)NCC(=O)NCC(=O)NCC(=O)NC(C(C)=O)C(=O)O. The van der Waals surface area contributed by atoms with Crippen LogP contribution in [0.15, 0.2) is 0 Å². The summed E-state index contributed by atoms with van der Waals surface area (Å²) in [6.45, 7) is 5.03. The van der Waals surface area contributed by atoms with E-state index in [1.54, 1.807) is 13.8 Å². The van der Waals surface area contributed by atoms with Gasteiger partial charge in [0.15, 0.2) is 11.8 Å². The minimum atomic E-state index is -1.69. The number of carboxylic acids is 1. The molecule has 0 fully saturated rings. The fraction of sp³-hybridized carbons (Fsp3) is 0.625. The van der Waals surface area contributed by atoms with Crippen LogP contribution in [-0.4, -0.2) is 66.2 Å². The van der Waals surface area contributed by atoms with Crippen LogP contribution >= 0.6 is 0 Å². The molecule has 0 aliphatic carbocycles. The first-order valence-corrected chi connectivity index (χ1v) is 8.25. The Labute approximate surface area is 156 Å². The van der Waals surface area contributed by atoms with Crippen LogP contribution in [0.4, 0.5) is 0 Å². The summed E-state index contributed by atoms with van der Waals surface area (Å²) in [5.41, 5.74) is -0.612. The van der Waals surface area contributed by atoms with Crippen molar-refractivity contribution in [3.8, 4) is 0 Å². The number of rotatable bonds is 11. The van der Waals surface area contributed by atoms with Crippen molar-refractivity contribution in [3.05, 3.63) is 0 Å². The van der Waals surface area contributed by atoms with E-state index in [-0.39, 0.29) is 12.5 Å². The van der Waals surface area contributed by atoms with Crippen LogP contribution in [0.2, 0.25) is 0 Å². The molecule has 0 saturated heterocycles. The van der Waals surface area contributed by atoms with E-state index in [0.29, 0.717) is 6.42 Å². The molecule has 152 valence electrons. The average Bonchev–Trinajstić information content (AvgIpc) is 2.59. The Morgan fingerprint density at radius 1 is 0.852 bits per heavy atom. The Hall–Kier alpha value is -2.98. The van der Waals surface area contributed by atoms with E-state index in [2.05, 4.69) is 16.0 Å². The fourth-order valence-corrected chi connectivity index (χ4v) is 1.59. The molecule has 4 amide bonds. The molecule has 0 heterocycles. The second-order valence-electron chi connectivity index (χ2n) is 6.42. The topological polar surface area (TPSA) is 171 Å². The first kappa shape index (κ1) is 24.0. The van der Waals surface area contributed by atoms with Gasteiger partial charge < -0.3 is 26.4 Å². The van der Waals surface area contributed by atoms with Crippen molar-refractivity contribution < 1.29 is 33.9 Å². The Bertz CT molecular complexity index is 602. The molecule has 0 aromatic carbocycles. The zero-order chi connectivity index (χ0) is 21.2. The zero-order valence-electron chi connectivity index (χ0n) is 15.8. The lowest BCUT2D eigenvalue weighted by molar-refractivity contribution is -0.145. The standard InChI is InChI=1S/C16H26N4O7/c1-5-16(3,4)15(27)19-7-11(23)17-6-10(22)18-8-12(24)20-13(9(2)21)14(25)26/h13H,5-8H2,1-4H3,(H,17,23)(H,18,22)(H,19,27)(H,20,24)(H,25,26). The molecule has 0 rings (SSSR count). The highest BCUT2D eigenvalue weighted by Gasteiger charge is 2.26. The van der Waals surface area contributed by atoms with Crippen LogP contribution < -0.4 is 21.3 Å². The molecule has 0 radical (unpaired) electrons. The van der Waals surface area contributed by atoms with Gasteiger partial charge in [-0.25, -0.2) is 4.79 Å². The molecule has 0 aromatic rings. The lowest BCUT2D eigenvalue weighted by Crippen LogP contribution is -2.50. The number of nitrogens with one attached hydrogen (secondary N) is 4. The number of hydrogen-bond acceptors (Lipinski definition) is 6. The Morgan fingerprint density at radius 2 is 1.30 bits per heavy atom. The maximum absolute atomic E-state index is 11.8. The van der Waals surface area contributed by atoms with Crippen LogP contribution in [0.5, 0.6) is 0 Å². The monoisotopic (exact) mass is 386 g/mol. The van der Waals surface area contributed by atoms with E-state index < -0.39 is 54.0 Å². The Balaban J connectivity index is 4.18. The highest BCUT2D eigenvalue weighted by Crippen LogP contribution is 2.18. The normalized spacial score (nSPS) is 11.7. The Kier molecular flexibility index (Phi) is 9.69. The quantitative estimate of drug-likeness (QED) is 0.254. The van der Waals surface area contributed by atoms with E-state index in [4.69, 9.17) is 5.11 Å². The summed E-state index contributed by atoms with van der Waals surface area (Å²) in [5, 5.41) is 17.6. The summed E-state index contributed by atoms with van der Waals surface area (Å²) in [6, 6.07) is -1.69. The maximum atomic E-state index is 11.8. The second-order valence-corrected chi connectivity index (χ2v) is 6.42. The number of carboxylic acid groups (broad SMARTS) is 1. The van der Waals surface area contributed by atoms with Crippen LogP contribution in [0, 0.1) is 5.41 Å². The third-order valence-corrected chi connectivity index (χ3v) is 3.76. The molecule has 0 aromatic heterocycles. The number of carbonyl (C=O) groups is 6. The van der Waals surface area contributed by atoms with Crippen molar-refractivity contribution in [2.24, 2.45) is 5.41 Å². The van der Waals surface area contributed by atoms with Gasteiger partial charge in [-0.05, 0) is 13.3 Å². The molecular formula is C16H26N4O7. The van der Waals surface area contributed by atoms with Crippen LogP contribution in [0.3, 0.4) is 0 Å². The molecule has 0 aliphatic heterocycles. The lowest BCUT2D eigenvalue weighted by atomic mass is 9.89. The van der Waals surface area contributed by atoms with E-state index in [1.165, 1.54) is 0 Å². The van der Waals surface area contributed by atoms with Gasteiger partial charge in [0, 0.05) is 5.41 Å². The third kappa shape index (κ3) is 9.33.